The fourth-order valence-corrected chi connectivity index (χ4v) is 3.38. The monoisotopic (exact) mass is 442 g/mol. The number of nitriles is 1. The van der Waals surface area contributed by atoms with Crippen LogP contribution in [0.1, 0.15) is 11.3 Å². The van der Waals surface area contributed by atoms with Crippen molar-refractivity contribution in [3.8, 4) is 6.07 Å². The number of imidazole rings is 1. The Morgan fingerprint density at radius 3 is 2.63 bits per heavy atom. The van der Waals surface area contributed by atoms with E-state index in [2.05, 4.69) is 26.7 Å². The van der Waals surface area contributed by atoms with E-state index >= 15 is 0 Å². The Morgan fingerprint density at radius 1 is 1.13 bits per heavy atom. The first kappa shape index (κ1) is 19.8. The molecule has 0 saturated carbocycles. The summed E-state index contributed by atoms with van der Waals surface area (Å²) >= 11 is 12.3. The number of nitrogens with zero attached hydrogens (tertiary/aromatic N) is 4. The summed E-state index contributed by atoms with van der Waals surface area (Å²) in [5.74, 6) is -0.542. The molecule has 3 N–H and O–H groups in total. The van der Waals surface area contributed by atoms with E-state index in [9.17, 15) is 14.9 Å². The van der Waals surface area contributed by atoms with Crippen molar-refractivity contribution in [3.63, 3.8) is 0 Å². The second kappa shape index (κ2) is 8.06. The lowest BCUT2D eigenvalue weighted by Crippen LogP contribution is -2.05. The largest absolute Gasteiger partial charge is 0.427 e. The molecule has 0 spiro atoms. The summed E-state index contributed by atoms with van der Waals surface area (Å²) in [4.78, 5) is 8.14. The molecule has 150 valence electrons. The topological polar surface area (TPSA) is 98.8 Å². The lowest BCUT2D eigenvalue weighted by atomic mass is 10.1. The van der Waals surface area contributed by atoms with Crippen molar-refractivity contribution < 1.29 is 9.60 Å². The molecule has 4 rings (SSSR count). The fraction of sp³-hybridized carbons (Fsp3) is 0.0500. The van der Waals surface area contributed by atoms with Crippen LogP contribution in [0, 0.1) is 17.1 Å². The second-order valence-corrected chi connectivity index (χ2v) is 7.16. The van der Waals surface area contributed by atoms with Gasteiger partial charge in [-0.15, -0.1) is 0 Å². The van der Waals surface area contributed by atoms with Crippen molar-refractivity contribution in [2.75, 3.05) is 10.6 Å². The first-order valence-corrected chi connectivity index (χ1v) is 9.40. The van der Waals surface area contributed by atoms with Gasteiger partial charge in [0.1, 0.15) is 18.2 Å². The van der Waals surface area contributed by atoms with E-state index in [-0.39, 0.29) is 10.6 Å². The highest BCUT2D eigenvalue weighted by Gasteiger charge is 2.14. The smallest absolute Gasteiger partial charge is 0.141 e. The highest BCUT2D eigenvalue weighted by atomic mass is 35.5. The molecule has 0 atom stereocenters. The van der Waals surface area contributed by atoms with Gasteiger partial charge in [-0.1, -0.05) is 23.2 Å². The maximum absolute atomic E-state index is 13.5. The number of aromatic nitrogens is 3. The first-order valence-electron chi connectivity index (χ1n) is 8.65. The van der Waals surface area contributed by atoms with Crippen molar-refractivity contribution in [2.24, 2.45) is 0 Å². The summed E-state index contributed by atoms with van der Waals surface area (Å²) in [5.41, 5.74) is 2.93. The number of hydrogen-bond donors (Lipinski definition) is 3. The van der Waals surface area contributed by atoms with Crippen molar-refractivity contribution in [2.45, 2.75) is 6.54 Å². The average molecular weight is 443 g/mol. The fourth-order valence-electron chi connectivity index (χ4n) is 2.93. The van der Waals surface area contributed by atoms with Crippen LogP contribution in [0.2, 0.25) is 10.0 Å². The molecule has 0 aliphatic rings. The van der Waals surface area contributed by atoms with Crippen LogP contribution in [0.4, 0.5) is 21.5 Å². The second-order valence-electron chi connectivity index (χ2n) is 6.35. The lowest BCUT2D eigenvalue weighted by molar-refractivity contribution is 0.177. The van der Waals surface area contributed by atoms with Crippen LogP contribution in [-0.4, -0.2) is 19.9 Å². The standard InChI is InChI=1S/C20H13Cl2FN6O/c21-16-4-12(1-2-18(16)23)28-19-11(6-24)7-27-20-15(19)3-13(5-17(20)22)26-9-14-8-25-10-29(14)30/h1-5,7-8,10,26,30H,9H2,(H,27,28). The molecule has 2 aromatic carbocycles. The third-order valence-corrected chi connectivity index (χ3v) is 4.98. The van der Waals surface area contributed by atoms with Gasteiger partial charge in [-0.2, -0.15) is 9.99 Å². The predicted molar refractivity (Wildman–Crippen MR) is 113 cm³/mol. The molecule has 0 aliphatic heterocycles. The third-order valence-electron chi connectivity index (χ3n) is 4.40. The molecule has 10 heteroatoms. The lowest BCUT2D eigenvalue weighted by Gasteiger charge is -2.14. The summed E-state index contributed by atoms with van der Waals surface area (Å²) in [7, 11) is 0. The van der Waals surface area contributed by atoms with Crippen LogP contribution in [0.5, 0.6) is 0 Å². The van der Waals surface area contributed by atoms with E-state index in [0.717, 1.165) is 4.73 Å². The van der Waals surface area contributed by atoms with Gasteiger partial charge in [0, 0.05) is 23.0 Å². The van der Waals surface area contributed by atoms with E-state index in [1.165, 1.54) is 36.9 Å². The minimum atomic E-state index is -0.542. The van der Waals surface area contributed by atoms with Crippen LogP contribution >= 0.6 is 23.2 Å². The number of anilines is 3. The van der Waals surface area contributed by atoms with Crippen LogP contribution in [-0.2, 0) is 6.54 Å². The van der Waals surface area contributed by atoms with E-state index in [1.807, 2.05) is 0 Å². The molecule has 0 bridgehead atoms. The number of nitrogens with one attached hydrogen (secondary N) is 2. The number of hydrogen-bond acceptors (Lipinski definition) is 6. The molecular weight excluding hydrogens is 430 g/mol. The molecule has 4 aromatic rings. The normalized spacial score (nSPS) is 10.7. The van der Waals surface area contributed by atoms with Gasteiger partial charge in [-0.05, 0) is 30.3 Å². The van der Waals surface area contributed by atoms with Crippen molar-refractivity contribution >= 4 is 51.2 Å². The highest BCUT2D eigenvalue weighted by Crippen LogP contribution is 2.35. The minimum absolute atomic E-state index is 0.0436. The minimum Gasteiger partial charge on any atom is -0.427 e. The summed E-state index contributed by atoms with van der Waals surface area (Å²) in [5, 5.41) is 26.4. The van der Waals surface area contributed by atoms with Gasteiger partial charge in [-0.25, -0.2) is 9.37 Å². The Kier molecular flexibility index (Phi) is 5.31. The SMILES string of the molecule is N#Cc1cnc2c(Cl)cc(NCc3cncn3O)cc2c1Nc1ccc(F)c(Cl)c1. The maximum atomic E-state index is 13.5. The van der Waals surface area contributed by atoms with Crippen molar-refractivity contribution in [1.29, 1.82) is 5.26 Å². The summed E-state index contributed by atoms with van der Waals surface area (Å²) < 4.78 is 14.4. The highest BCUT2D eigenvalue weighted by molar-refractivity contribution is 6.36. The molecule has 0 saturated heterocycles. The quantitative estimate of drug-likeness (QED) is 0.360. The van der Waals surface area contributed by atoms with Crippen LogP contribution in [0.25, 0.3) is 10.9 Å². The molecule has 2 heterocycles. The van der Waals surface area contributed by atoms with Gasteiger partial charge in [-0.3, -0.25) is 4.98 Å². The Morgan fingerprint density at radius 2 is 1.93 bits per heavy atom. The molecule has 0 amide bonds. The number of fused-ring (bicyclic) bond motifs is 1. The Bertz CT molecular complexity index is 1300. The number of rotatable bonds is 5. The van der Waals surface area contributed by atoms with E-state index < -0.39 is 5.82 Å². The Labute approximate surface area is 180 Å². The van der Waals surface area contributed by atoms with Gasteiger partial charge in [0.25, 0.3) is 0 Å². The van der Waals surface area contributed by atoms with Crippen LogP contribution in [0.3, 0.4) is 0 Å². The van der Waals surface area contributed by atoms with Crippen molar-refractivity contribution in [1.82, 2.24) is 14.7 Å². The summed E-state index contributed by atoms with van der Waals surface area (Å²) in [6, 6.07) is 9.74. The third kappa shape index (κ3) is 3.81. The van der Waals surface area contributed by atoms with Gasteiger partial charge < -0.3 is 15.8 Å². The Hall–Kier alpha value is -3.54. The summed E-state index contributed by atoms with van der Waals surface area (Å²) in [6.45, 7) is 0.292. The van der Waals surface area contributed by atoms with E-state index in [1.54, 1.807) is 12.1 Å². The molecule has 0 unspecified atom stereocenters. The summed E-state index contributed by atoms with van der Waals surface area (Å²) in [6.07, 6.45) is 4.22. The average Bonchev–Trinajstić information content (AvgIpc) is 3.14. The van der Waals surface area contributed by atoms with Gasteiger partial charge in [0.05, 0.1) is 45.2 Å². The molecule has 2 aromatic heterocycles. The maximum Gasteiger partial charge on any atom is 0.141 e. The Balaban J connectivity index is 1.77. The van der Waals surface area contributed by atoms with Gasteiger partial charge in [0.15, 0.2) is 0 Å². The molecule has 30 heavy (non-hydrogen) atoms. The van der Waals surface area contributed by atoms with Gasteiger partial charge >= 0.3 is 0 Å². The molecule has 0 aliphatic carbocycles. The molecule has 7 nitrogen and oxygen atoms in total. The molecular formula is C20H13Cl2FN6O. The number of halogens is 3. The molecule has 0 fully saturated rings. The number of benzene rings is 2. The van der Waals surface area contributed by atoms with E-state index in [0.29, 0.717) is 45.2 Å². The van der Waals surface area contributed by atoms with Crippen LogP contribution in [0.15, 0.2) is 49.1 Å². The van der Waals surface area contributed by atoms with E-state index in [4.69, 9.17) is 23.2 Å². The first-order chi connectivity index (χ1) is 14.5. The van der Waals surface area contributed by atoms with Crippen LogP contribution < -0.4 is 10.6 Å². The zero-order chi connectivity index (χ0) is 21.3. The predicted octanol–water partition coefficient (Wildman–Crippen LogP) is 5.34. The zero-order valence-electron chi connectivity index (χ0n) is 15.2. The number of pyridine rings is 1. The zero-order valence-corrected chi connectivity index (χ0v) is 16.7. The van der Waals surface area contributed by atoms with Crippen molar-refractivity contribution in [3.05, 3.63) is 76.2 Å². The molecule has 0 radical (unpaired) electrons. The van der Waals surface area contributed by atoms with Gasteiger partial charge in [0.2, 0.25) is 0 Å².